The smallest absolute Gasteiger partial charge is 0.353 e. The maximum absolute atomic E-state index is 11.3. The number of benzene rings is 1. The van der Waals surface area contributed by atoms with E-state index in [1.54, 1.807) is 24.3 Å². The molecule has 0 amide bonds. The number of nitrogens with two attached hydrogens (primary N) is 1. The third kappa shape index (κ3) is 3.47. The molecule has 0 saturated carbocycles. The summed E-state index contributed by atoms with van der Waals surface area (Å²) < 4.78 is 5.29. The molecule has 3 rings (SSSR count). The lowest BCUT2D eigenvalue weighted by Gasteiger charge is -2.27. The number of hydrogen-bond acceptors (Lipinski definition) is 8. The molecule has 24 heavy (non-hydrogen) atoms. The minimum Gasteiger partial charge on any atom is -0.378 e. The summed E-state index contributed by atoms with van der Waals surface area (Å²) in [5.74, 6) is 0.183. The first-order valence-corrected chi connectivity index (χ1v) is 7.59. The molecule has 2 heterocycles. The van der Waals surface area contributed by atoms with Crippen LogP contribution in [-0.2, 0) is 4.74 Å². The summed E-state index contributed by atoms with van der Waals surface area (Å²) in [7, 11) is 0. The molecular formula is C14H15ClN6O3. The number of ether oxygens (including phenoxy) is 1. The van der Waals surface area contributed by atoms with Gasteiger partial charge in [0, 0.05) is 23.8 Å². The maximum atomic E-state index is 11.3. The van der Waals surface area contributed by atoms with Crippen molar-refractivity contribution < 1.29 is 9.66 Å². The molecule has 126 valence electrons. The Morgan fingerprint density at radius 3 is 2.54 bits per heavy atom. The van der Waals surface area contributed by atoms with Gasteiger partial charge in [0.2, 0.25) is 17.6 Å². The Bertz CT molecular complexity index is 749. The van der Waals surface area contributed by atoms with E-state index in [2.05, 4.69) is 15.3 Å². The fraction of sp³-hybridized carbons (Fsp3) is 0.286. The maximum Gasteiger partial charge on any atom is 0.353 e. The van der Waals surface area contributed by atoms with Gasteiger partial charge in [-0.25, -0.2) is 0 Å². The topological polar surface area (TPSA) is 119 Å². The Kier molecular flexibility index (Phi) is 4.63. The van der Waals surface area contributed by atoms with Gasteiger partial charge < -0.3 is 20.7 Å². The van der Waals surface area contributed by atoms with E-state index in [9.17, 15) is 10.1 Å². The van der Waals surface area contributed by atoms with Crippen LogP contribution in [-0.4, -0.2) is 41.2 Å². The van der Waals surface area contributed by atoms with E-state index in [0.717, 1.165) is 0 Å². The molecule has 3 N–H and O–H groups in total. The number of nitrogen functional groups attached to an aromatic ring is 1. The predicted molar refractivity (Wildman–Crippen MR) is 90.9 cm³/mol. The van der Waals surface area contributed by atoms with E-state index in [1.807, 2.05) is 4.90 Å². The van der Waals surface area contributed by atoms with Crippen LogP contribution < -0.4 is 16.0 Å². The zero-order valence-electron chi connectivity index (χ0n) is 12.6. The average molecular weight is 351 g/mol. The molecule has 1 saturated heterocycles. The fourth-order valence-corrected chi connectivity index (χ4v) is 2.43. The summed E-state index contributed by atoms with van der Waals surface area (Å²) >= 11 is 5.85. The molecule has 9 nitrogen and oxygen atoms in total. The largest absolute Gasteiger partial charge is 0.378 e. The lowest BCUT2D eigenvalue weighted by molar-refractivity contribution is -0.383. The zero-order valence-corrected chi connectivity index (χ0v) is 13.4. The van der Waals surface area contributed by atoms with Crippen LogP contribution in [0.4, 0.5) is 29.0 Å². The number of rotatable bonds is 4. The molecule has 0 bridgehead atoms. The summed E-state index contributed by atoms with van der Waals surface area (Å²) in [6.07, 6.45) is 0. The van der Waals surface area contributed by atoms with E-state index in [0.29, 0.717) is 43.0 Å². The van der Waals surface area contributed by atoms with Crippen molar-refractivity contribution in [2.75, 3.05) is 42.3 Å². The van der Waals surface area contributed by atoms with Crippen LogP contribution in [0, 0.1) is 10.1 Å². The number of anilines is 4. The van der Waals surface area contributed by atoms with Crippen molar-refractivity contribution in [3.8, 4) is 0 Å². The summed E-state index contributed by atoms with van der Waals surface area (Å²) in [6.45, 7) is 2.27. The molecule has 10 heteroatoms. The van der Waals surface area contributed by atoms with Crippen molar-refractivity contribution in [2.24, 2.45) is 0 Å². The first-order valence-electron chi connectivity index (χ1n) is 7.22. The van der Waals surface area contributed by atoms with Gasteiger partial charge in [-0.3, -0.25) is 10.1 Å². The lowest BCUT2D eigenvalue weighted by Crippen LogP contribution is -2.37. The highest BCUT2D eigenvalue weighted by atomic mass is 35.5. The SMILES string of the molecule is Nc1nc(N2CCOCC2)nc(Nc2ccc(Cl)cc2)c1[N+](=O)[O-]. The fourth-order valence-electron chi connectivity index (χ4n) is 2.30. The summed E-state index contributed by atoms with van der Waals surface area (Å²) in [4.78, 5) is 21.0. The number of aromatic nitrogens is 2. The molecule has 1 fully saturated rings. The second-order valence-corrected chi connectivity index (χ2v) is 5.53. The monoisotopic (exact) mass is 350 g/mol. The summed E-state index contributed by atoms with van der Waals surface area (Å²) in [5.41, 5.74) is 6.04. The first-order chi connectivity index (χ1) is 11.5. The van der Waals surface area contributed by atoms with Crippen LogP contribution in [0.15, 0.2) is 24.3 Å². The van der Waals surface area contributed by atoms with Crippen LogP contribution in [0.25, 0.3) is 0 Å². The summed E-state index contributed by atoms with van der Waals surface area (Å²) in [6, 6.07) is 6.73. The molecule has 1 aliphatic heterocycles. The minimum atomic E-state index is -0.601. The van der Waals surface area contributed by atoms with Crippen LogP contribution in [0.1, 0.15) is 0 Å². The van der Waals surface area contributed by atoms with Gasteiger partial charge in [-0.1, -0.05) is 11.6 Å². The number of nitro groups is 1. The average Bonchev–Trinajstić information content (AvgIpc) is 2.57. The van der Waals surface area contributed by atoms with E-state index in [-0.39, 0.29) is 17.3 Å². The molecule has 1 aromatic carbocycles. The summed E-state index contributed by atoms with van der Waals surface area (Å²) in [5, 5.41) is 14.8. The quantitative estimate of drug-likeness (QED) is 0.636. The lowest BCUT2D eigenvalue weighted by atomic mass is 10.3. The van der Waals surface area contributed by atoms with Gasteiger partial charge in [-0.2, -0.15) is 9.97 Å². The van der Waals surface area contributed by atoms with Crippen LogP contribution in [0.2, 0.25) is 5.02 Å². The Morgan fingerprint density at radius 2 is 1.92 bits per heavy atom. The van der Waals surface area contributed by atoms with Gasteiger partial charge in [0.25, 0.3) is 0 Å². The molecular weight excluding hydrogens is 336 g/mol. The highest BCUT2D eigenvalue weighted by Gasteiger charge is 2.25. The highest BCUT2D eigenvalue weighted by molar-refractivity contribution is 6.30. The van der Waals surface area contributed by atoms with Crippen molar-refractivity contribution in [2.45, 2.75) is 0 Å². The van der Waals surface area contributed by atoms with E-state index < -0.39 is 4.92 Å². The molecule has 0 atom stereocenters. The number of morpholine rings is 1. The second-order valence-electron chi connectivity index (χ2n) is 5.09. The van der Waals surface area contributed by atoms with Crippen LogP contribution in [0.5, 0.6) is 0 Å². The molecule has 0 aliphatic carbocycles. The van der Waals surface area contributed by atoms with E-state index in [1.165, 1.54) is 0 Å². The Morgan fingerprint density at radius 1 is 1.25 bits per heavy atom. The Labute approximate surface area is 142 Å². The van der Waals surface area contributed by atoms with Gasteiger partial charge >= 0.3 is 5.69 Å². The molecule has 0 radical (unpaired) electrons. The normalized spacial score (nSPS) is 14.5. The number of nitrogens with zero attached hydrogens (tertiary/aromatic N) is 4. The van der Waals surface area contributed by atoms with Crippen molar-refractivity contribution in [3.05, 3.63) is 39.4 Å². The van der Waals surface area contributed by atoms with Crippen molar-refractivity contribution in [1.82, 2.24) is 9.97 Å². The van der Waals surface area contributed by atoms with Crippen LogP contribution in [0.3, 0.4) is 0 Å². The number of nitrogens with one attached hydrogen (secondary N) is 1. The molecule has 2 aromatic rings. The second kappa shape index (κ2) is 6.85. The van der Waals surface area contributed by atoms with E-state index in [4.69, 9.17) is 22.1 Å². The van der Waals surface area contributed by atoms with Gasteiger partial charge in [-0.05, 0) is 24.3 Å². The number of hydrogen-bond donors (Lipinski definition) is 2. The Balaban J connectivity index is 1.98. The van der Waals surface area contributed by atoms with Gasteiger partial charge in [0.1, 0.15) is 0 Å². The third-order valence-electron chi connectivity index (χ3n) is 3.48. The zero-order chi connectivity index (χ0) is 17.1. The van der Waals surface area contributed by atoms with Crippen molar-refractivity contribution >= 4 is 40.6 Å². The molecule has 1 aliphatic rings. The standard InChI is InChI=1S/C14H15ClN6O3/c15-9-1-3-10(4-2-9)17-13-11(21(22)23)12(16)18-14(19-13)20-5-7-24-8-6-20/h1-4H,5-8H2,(H3,16,17,18,19). The molecule has 0 spiro atoms. The Hall–Kier alpha value is -2.65. The highest BCUT2D eigenvalue weighted by Crippen LogP contribution is 2.32. The first kappa shape index (κ1) is 16.2. The number of halogens is 1. The third-order valence-corrected chi connectivity index (χ3v) is 3.73. The van der Waals surface area contributed by atoms with Gasteiger partial charge in [0.15, 0.2) is 0 Å². The molecule has 1 aromatic heterocycles. The predicted octanol–water partition coefficient (Wildman–Crippen LogP) is 2.20. The van der Waals surface area contributed by atoms with Crippen LogP contribution >= 0.6 is 11.6 Å². The van der Waals surface area contributed by atoms with Crippen molar-refractivity contribution in [3.63, 3.8) is 0 Å². The van der Waals surface area contributed by atoms with E-state index >= 15 is 0 Å². The van der Waals surface area contributed by atoms with Crippen molar-refractivity contribution in [1.29, 1.82) is 0 Å². The van der Waals surface area contributed by atoms with Gasteiger partial charge in [-0.15, -0.1) is 0 Å². The van der Waals surface area contributed by atoms with Gasteiger partial charge in [0.05, 0.1) is 18.1 Å². The molecule has 0 unspecified atom stereocenters. The minimum absolute atomic E-state index is 0.0383.